The summed E-state index contributed by atoms with van der Waals surface area (Å²) >= 11 is 0. The number of hydrogen-bond donors (Lipinski definition) is 1. The molecule has 5 heteroatoms. The van der Waals surface area contributed by atoms with Crippen LogP contribution in [0.25, 0.3) is 0 Å². The average molecular weight is 217 g/mol. The molecule has 0 unspecified atom stereocenters. The summed E-state index contributed by atoms with van der Waals surface area (Å²) in [5, 5.41) is 7.51. The van der Waals surface area contributed by atoms with Gasteiger partial charge in [0.15, 0.2) is 0 Å². The lowest BCUT2D eigenvalue weighted by Crippen LogP contribution is -2.01. The van der Waals surface area contributed by atoms with Gasteiger partial charge >= 0.3 is 0 Å². The van der Waals surface area contributed by atoms with Crippen molar-refractivity contribution in [1.29, 1.82) is 0 Å². The van der Waals surface area contributed by atoms with E-state index in [0.717, 1.165) is 17.8 Å². The SMILES string of the molecule is CC(C)n1cc(CNc2cncnc2)cn1. The molecule has 0 aromatic carbocycles. The molecule has 2 heterocycles. The number of rotatable bonds is 4. The highest BCUT2D eigenvalue weighted by Gasteiger charge is 2.01. The summed E-state index contributed by atoms with van der Waals surface area (Å²) in [5.41, 5.74) is 2.07. The van der Waals surface area contributed by atoms with Gasteiger partial charge < -0.3 is 5.32 Å². The van der Waals surface area contributed by atoms with Crippen molar-refractivity contribution in [1.82, 2.24) is 19.7 Å². The van der Waals surface area contributed by atoms with Crippen molar-refractivity contribution >= 4 is 5.69 Å². The zero-order valence-corrected chi connectivity index (χ0v) is 9.46. The Balaban J connectivity index is 1.95. The van der Waals surface area contributed by atoms with Gasteiger partial charge in [-0.1, -0.05) is 0 Å². The van der Waals surface area contributed by atoms with E-state index in [-0.39, 0.29) is 0 Å². The van der Waals surface area contributed by atoms with E-state index in [1.54, 1.807) is 12.4 Å². The smallest absolute Gasteiger partial charge is 0.115 e. The van der Waals surface area contributed by atoms with Crippen molar-refractivity contribution in [3.8, 4) is 0 Å². The van der Waals surface area contributed by atoms with Crippen molar-refractivity contribution in [2.24, 2.45) is 0 Å². The van der Waals surface area contributed by atoms with Crippen LogP contribution >= 0.6 is 0 Å². The monoisotopic (exact) mass is 217 g/mol. The molecule has 16 heavy (non-hydrogen) atoms. The predicted octanol–water partition coefficient (Wildman–Crippen LogP) is 1.87. The molecule has 0 bridgehead atoms. The fourth-order valence-corrected chi connectivity index (χ4v) is 1.35. The zero-order chi connectivity index (χ0) is 11.4. The number of aromatic nitrogens is 4. The second kappa shape index (κ2) is 4.74. The van der Waals surface area contributed by atoms with Crippen molar-refractivity contribution in [2.75, 3.05) is 5.32 Å². The minimum atomic E-state index is 0.397. The van der Waals surface area contributed by atoms with Gasteiger partial charge in [0.1, 0.15) is 6.33 Å². The molecule has 5 nitrogen and oxygen atoms in total. The lowest BCUT2D eigenvalue weighted by Gasteiger charge is -2.04. The number of hydrogen-bond acceptors (Lipinski definition) is 4. The first kappa shape index (κ1) is 10.6. The van der Waals surface area contributed by atoms with Crippen molar-refractivity contribution in [3.05, 3.63) is 36.7 Å². The third-order valence-electron chi connectivity index (χ3n) is 2.24. The molecule has 0 amide bonds. The molecule has 0 fully saturated rings. The molecular weight excluding hydrogens is 202 g/mol. The largest absolute Gasteiger partial charge is 0.378 e. The van der Waals surface area contributed by atoms with Crippen LogP contribution in [0.2, 0.25) is 0 Å². The van der Waals surface area contributed by atoms with E-state index < -0.39 is 0 Å². The standard InChI is InChI=1S/C11H15N5/c1-9(2)16-7-10(4-15-16)3-14-11-5-12-8-13-6-11/h4-9,14H,3H2,1-2H3. The maximum atomic E-state index is 4.27. The summed E-state index contributed by atoms with van der Waals surface area (Å²) < 4.78 is 1.94. The van der Waals surface area contributed by atoms with Crippen LogP contribution in [0.5, 0.6) is 0 Å². The Morgan fingerprint density at radius 1 is 1.25 bits per heavy atom. The third kappa shape index (κ3) is 2.56. The second-order valence-electron chi connectivity index (χ2n) is 3.90. The Morgan fingerprint density at radius 3 is 2.62 bits per heavy atom. The Kier molecular flexibility index (Phi) is 3.14. The zero-order valence-electron chi connectivity index (χ0n) is 9.46. The maximum Gasteiger partial charge on any atom is 0.115 e. The van der Waals surface area contributed by atoms with Gasteiger partial charge in [-0.15, -0.1) is 0 Å². The molecule has 84 valence electrons. The van der Waals surface area contributed by atoms with Crippen molar-refractivity contribution in [3.63, 3.8) is 0 Å². The molecule has 1 N–H and O–H groups in total. The van der Waals surface area contributed by atoms with Crippen LogP contribution in [0.3, 0.4) is 0 Å². The Bertz CT molecular complexity index is 435. The molecule has 0 aliphatic heterocycles. The summed E-state index contributed by atoms with van der Waals surface area (Å²) in [6, 6.07) is 0.397. The third-order valence-corrected chi connectivity index (χ3v) is 2.24. The number of nitrogens with one attached hydrogen (secondary N) is 1. The van der Waals surface area contributed by atoms with E-state index in [2.05, 4.69) is 34.2 Å². The van der Waals surface area contributed by atoms with Gasteiger partial charge in [-0.05, 0) is 13.8 Å². The van der Waals surface area contributed by atoms with Gasteiger partial charge in [-0.25, -0.2) is 9.97 Å². The van der Waals surface area contributed by atoms with Crippen LogP contribution in [0.1, 0.15) is 25.5 Å². The summed E-state index contributed by atoms with van der Waals surface area (Å²) in [6.07, 6.45) is 8.93. The predicted molar refractivity (Wildman–Crippen MR) is 62.0 cm³/mol. The first-order chi connectivity index (χ1) is 7.75. The molecule has 2 aromatic rings. The van der Waals surface area contributed by atoms with Gasteiger partial charge in [0.05, 0.1) is 24.3 Å². The van der Waals surface area contributed by atoms with Crippen LogP contribution in [-0.2, 0) is 6.54 Å². The Labute approximate surface area is 94.5 Å². The maximum absolute atomic E-state index is 4.27. The summed E-state index contributed by atoms with van der Waals surface area (Å²) in [6.45, 7) is 4.95. The molecule has 2 rings (SSSR count). The molecule has 0 aliphatic rings. The summed E-state index contributed by atoms with van der Waals surface area (Å²) in [7, 11) is 0. The fraction of sp³-hybridized carbons (Fsp3) is 0.364. The summed E-state index contributed by atoms with van der Waals surface area (Å²) in [5.74, 6) is 0. The van der Waals surface area contributed by atoms with E-state index in [1.165, 1.54) is 6.33 Å². The van der Waals surface area contributed by atoms with Crippen LogP contribution in [0.4, 0.5) is 5.69 Å². The van der Waals surface area contributed by atoms with Crippen molar-refractivity contribution < 1.29 is 0 Å². The molecule has 2 aromatic heterocycles. The van der Waals surface area contributed by atoms with Crippen molar-refractivity contribution in [2.45, 2.75) is 26.4 Å². The lowest BCUT2D eigenvalue weighted by atomic mass is 10.3. The molecule has 0 saturated heterocycles. The molecule has 0 atom stereocenters. The van der Waals surface area contributed by atoms with Crippen LogP contribution in [0.15, 0.2) is 31.1 Å². The molecule has 0 saturated carbocycles. The molecule has 0 spiro atoms. The van der Waals surface area contributed by atoms with E-state index in [4.69, 9.17) is 0 Å². The normalized spacial score (nSPS) is 10.7. The van der Waals surface area contributed by atoms with E-state index in [9.17, 15) is 0 Å². The van der Waals surface area contributed by atoms with E-state index in [0.29, 0.717) is 6.04 Å². The van der Waals surface area contributed by atoms with Gasteiger partial charge in [0, 0.05) is 24.3 Å². The lowest BCUT2D eigenvalue weighted by molar-refractivity contribution is 0.532. The van der Waals surface area contributed by atoms with Crippen LogP contribution < -0.4 is 5.32 Å². The summed E-state index contributed by atoms with van der Waals surface area (Å²) in [4.78, 5) is 7.87. The average Bonchev–Trinajstić information content (AvgIpc) is 2.76. The van der Waals surface area contributed by atoms with Gasteiger partial charge in [-0.3, -0.25) is 4.68 Å². The molecule has 0 radical (unpaired) electrons. The minimum Gasteiger partial charge on any atom is -0.378 e. The Hall–Kier alpha value is -1.91. The van der Waals surface area contributed by atoms with Gasteiger partial charge in [0.25, 0.3) is 0 Å². The van der Waals surface area contributed by atoms with Gasteiger partial charge in [0.2, 0.25) is 0 Å². The fourth-order valence-electron chi connectivity index (χ4n) is 1.35. The van der Waals surface area contributed by atoms with E-state index in [1.807, 2.05) is 17.1 Å². The molecular formula is C11H15N5. The van der Waals surface area contributed by atoms with Crippen LogP contribution in [-0.4, -0.2) is 19.7 Å². The first-order valence-electron chi connectivity index (χ1n) is 5.27. The number of nitrogens with zero attached hydrogens (tertiary/aromatic N) is 4. The minimum absolute atomic E-state index is 0.397. The van der Waals surface area contributed by atoms with E-state index >= 15 is 0 Å². The Morgan fingerprint density at radius 2 is 2.00 bits per heavy atom. The second-order valence-corrected chi connectivity index (χ2v) is 3.90. The highest BCUT2D eigenvalue weighted by atomic mass is 15.3. The molecule has 0 aliphatic carbocycles. The highest BCUT2D eigenvalue weighted by molar-refractivity contribution is 5.37. The van der Waals surface area contributed by atoms with Gasteiger partial charge in [-0.2, -0.15) is 5.10 Å². The van der Waals surface area contributed by atoms with Crippen LogP contribution in [0, 0.1) is 0 Å². The quantitative estimate of drug-likeness (QED) is 0.849. The first-order valence-corrected chi connectivity index (χ1v) is 5.27. The number of anilines is 1. The topological polar surface area (TPSA) is 55.6 Å². The highest BCUT2D eigenvalue weighted by Crippen LogP contribution is 2.08.